The van der Waals surface area contributed by atoms with Crippen molar-refractivity contribution in [3.63, 3.8) is 0 Å². The molecule has 5 amide bonds. The van der Waals surface area contributed by atoms with E-state index < -0.39 is 72.5 Å². The molecule has 44 heavy (non-hydrogen) atoms. The zero-order valence-electron chi connectivity index (χ0n) is 24.7. The Kier molecular flexibility index (Phi) is 12.4. The Balaban J connectivity index is 1.82. The van der Waals surface area contributed by atoms with Crippen LogP contribution in [0.2, 0.25) is 0 Å². The topological polar surface area (TPSA) is 184 Å². The number of amides is 5. The summed E-state index contributed by atoms with van der Waals surface area (Å²) in [7, 11) is 0. The highest BCUT2D eigenvalue weighted by Gasteiger charge is 2.31. The third-order valence-electron chi connectivity index (χ3n) is 6.59. The van der Waals surface area contributed by atoms with Gasteiger partial charge in [0.25, 0.3) is 5.91 Å². The van der Waals surface area contributed by atoms with Gasteiger partial charge in [-0.25, -0.2) is 4.39 Å². The van der Waals surface area contributed by atoms with E-state index in [-0.39, 0.29) is 37.0 Å². The van der Waals surface area contributed by atoms with Crippen LogP contribution in [0.1, 0.15) is 37.6 Å². The molecule has 6 N–H and O–H groups in total. The molecule has 0 radical (unpaired) electrons. The highest BCUT2D eigenvalue weighted by Crippen LogP contribution is 2.19. The van der Waals surface area contributed by atoms with Gasteiger partial charge in [-0.2, -0.15) is 0 Å². The molecule has 14 heteroatoms. The number of benzene rings is 2. The number of nitrogens with one attached hydrogen (secondary N) is 5. The highest BCUT2D eigenvalue weighted by atomic mass is 19.1. The second kappa shape index (κ2) is 16.2. The van der Waals surface area contributed by atoms with Crippen LogP contribution < -0.4 is 36.1 Å². The fourth-order valence-corrected chi connectivity index (χ4v) is 4.23. The summed E-state index contributed by atoms with van der Waals surface area (Å²) in [6.07, 6.45) is -0.589. The molecular formula is C30H38FN5O8. The third kappa shape index (κ3) is 9.93. The van der Waals surface area contributed by atoms with Crippen molar-refractivity contribution in [1.82, 2.24) is 26.6 Å². The van der Waals surface area contributed by atoms with Gasteiger partial charge in [-0.05, 0) is 49.2 Å². The first kappa shape index (κ1) is 33.8. The lowest BCUT2D eigenvalue weighted by molar-refractivity contribution is -0.134. The van der Waals surface area contributed by atoms with E-state index >= 15 is 0 Å². The number of hydrogen-bond acceptors (Lipinski definition) is 8. The van der Waals surface area contributed by atoms with Crippen molar-refractivity contribution in [2.75, 3.05) is 26.4 Å². The quantitative estimate of drug-likeness (QED) is 0.236. The van der Waals surface area contributed by atoms with E-state index in [4.69, 9.17) is 9.47 Å². The van der Waals surface area contributed by atoms with Crippen LogP contribution in [0.25, 0.3) is 0 Å². The molecule has 4 atom stereocenters. The van der Waals surface area contributed by atoms with E-state index in [2.05, 4.69) is 26.6 Å². The molecule has 0 unspecified atom stereocenters. The Morgan fingerprint density at radius 2 is 1.73 bits per heavy atom. The zero-order chi connectivity index (χ0) is 32.2. The number of halogens is 1. The van der Waals surface area contributed by atoms with E-state index in [0.29, 0.717) is 5.75 Å². The molecule has 0 aliphatic carbocycles. The maximum absolute atomic E-state index is 13.3. The van der Waals surface area contributed by atoms with Gasteiger partial charge >= 0.3 is 0 Å². The molecule has 1 heterocycles. The first-order valence-electron chi connectivity index (χ1n) is 14.2. The summed E-state index contributed by atoms with van der Waals surface area (Å²) in [6, 6.07) is 7.23. The second-order valence-corrected chi connectivity index (χ2v) is 10.6. The molecule has 3 rings (SSSR count). The van der Waals surface area contributed by atoms with Gasteiger partial charge in [0.15, 0.2) is 0 Å². The van der Waals surface area contributed by atoms with E-state index in [1.165, 1.54) is 30.3 Å². The maximum atomic E-state index is 13.3. The first-order valence-corrected chi connectivity index (χ1v) is 14.2. The average Bonchev–Trinajstić information content (AvgIpc) is 2.99. The van der Waals surface area contributed by atoms with Crippen molar-refractivity contribution < 1.29 is 42.9 Å². The molecule has 0 spiro atoms. The molecule has 0 aromatic heterocycles. The molecule has 1 aliphatic rings. The number of hydrogen-bond donors (Lipinski definition) is 6. The van der Waals surface area contributed by atoms with Gasteiger partial charge in [-0.15, -0.1) is 0 Å². The monoisotopic (exact) mass is 615 g/mol. The molecule has 0 bridgehead atoms. The predicted molar refractivity (Wildman–Crippen MR) is 156 cm³/mol. The fraction of sp³-hybridized carbons (Fsp3) is 0.433. The summed E-state index contributed by atoms with van der Waals surface area (Å²) < 4.78 is 24.4. The minimum Gasteiger partial charge on any atom is -0.492 e. The Morgan fingerprint density at radius 1 is 1.02 bits per heavy atom. The molecule has 2 aromatic carbocycles. The Morgan fingerprint density at radius 3 is 2.41 bits per heavy atom. The van der Waals surface area contributed by atoms with Crippen molar-refractivity contribution in [3.05, 3.63) is 59.9 Å². The van der Waals surface area contributed by atoms with Crippen molar-refractivity contribution >= 4 is 29.5 Å². The average molecular weight is 616 g/mol. The van der Waals surface area contributed by atoms with Crippen molar-refractivity contribution in [2.45, 2.75) is 51.4 Å². The summed E-state index contributed by atoms with van der Waals surface area (Å²) in [5.41, 5.74) is 0.0818. The van der Waals surface area contributed by atoms with Crippen LogP contribution >= 0.6 is 0 Å². The van der Waals surface area contributed by atoms with Crippen molar-refractivity contribution in [1.29, 1.82) is 0 Å². The lowest BCUT2D eigenvalue weighted by Crippen LogP contribution is -2.58. The van der Waals surface area contributed by atoms with Crippen molar-refractivity contribution in [2.24, 2.45) is 5.92 Å². The summed E-state index contributed by atoms with van der Waals surface area (Å²) in [5.74, 6) is -3.77. The third-order valence-corrected chi connectivity index (χ3v) is 6.59. The molecule has 0 fully saturated rings. The van der Waals surface area contributed by atoms with Gasteiger partial charge < -0.3 is 41.2 Å². The number of fused-ring (bicyclic) bond motifs is 1. The number of aliphatic hydroxyl groups is 1. The SMILES string of the molecule is CC(C)[C@H]1NC(=O)[C@H](CO)NC(=O)C[C@@H](C(=O)NCCOc2ccc(F)cc2)NC(=O)c2ccccc2OC[C@H](C)NC1=O. The largest absolute Gasteiger partial charge is 0.492 e. The van der Waals surface area contributed by atoms with Crippen LogP contribution in [0.15, 0.2) is 48.5 Å². The van der Waals surface area contributed by atoms with Gasteiger partial charge in [-0.1, -0.05) is 26.0 Å². The van der Waals surface area contributed by atoms with Crippen LogP contribution in [0.5, 0.6) is 11.5 Å². The molecular weight excluding hydrogens is 577 g/mol. The number of para-hydroxylation sites is 1. The van der Waals surface area contributed by atoms with E-state index in [0.717, 1.165) is 0 Å². The minimum atomic E-state index is -1.43. The highest BCUT2D eigenvalue weighted by molar-refractivity contribution is 6.01. The van der Waals surface area contributed by atoms with E-state index in [9.17, 15) is 33.5 Å². The predicted octanol–water partition coefficient (Wildman–Crippen LogP) is 0.0244. The Hall–Kier alpha value is -4.72. The van der Waals surface area contributed by atoms with E-state index in [1.807, 2.05) is 0 Å². The smallest absolute Gasteiger partial charge is 0.255 e. The summed E-state index contributed by atoms with van der Waals surface area (Å²) in [4.78, 5) is 65.3. The molecule has 0 saturated heterocycles. The summed E-state index contributed by atoms with van der Waals surface area (Å²) in [6.45, 7) is 4.32. The number of aliphatic hydroxyl groups excluding tert-OH is 1. The Labute approximate surface area is 254 Å². The minimum absolute atomic E-state index is 0.00955. The van der Waals surface area contributed by atoms with Crippen LogP contribution in [-0.2, 0) is 19.2 Å². The number of carbonyl (C=O) groups is 5. The molecule has 0 saturated carbocycles. The summed E-state index contributed by atoms with van der Waals surface area (Å²) >= 11 is 0. The van der Waals surface area contributed by atoms with E-state index in [1.54, 1.807) is 39.0 Å². The maximum Gasteiger partial charge on any atom is 0.255 e. The lowest BCUT2D eigenvalue weighted by Gasteiger charge is -2.26. The van der Waals surface area contributed by atoms with Gasteiger partial charge in [0.1, 0.15) is 48.7 Å². The number of carbonyl (C=O) groups excluding carboxylic acids is 5. The van der Waals surface area contributed by atoms with Crippen molar-refractivity contribution in [3.8, 4) is 11.5 Å². The fourth-order valence-electron chi connectivity index (χ4n) is 4.23. The van der Waals surface area contributed by atoms with Crippen LogP contribution in [0, 0.1) is 11.7 Å². The molecule has 13 nitrogen and oxygen atoms in total. The van der Waals surface area contributed by atoms with Gasteiger partial charge in [0.2, 0.25) is 23.6 Å². The summed E-state index contributed by atoms with van der Waals surface area (Å²) in [5, 5.41) is 22.6. The van der Waals surface area contributed by atoms with Gasteiger partial charge in [0.05, 0.1) is 31.2 Å². The first-order chi connectivity index (χ1) is 21.0. The number of ether oxygens (including phenoxy) is 2. The van der Waals surface area contributed by atoms with Crippen LogP contribution in [-0.4, -0.2) is 85.2 Å². The second-order valence-electron chi connectivity index (χ2n) is 10.6. The number of rotatable bonds is 7. The van der Waals surface area contributed by atoms with Gasteiger partial charge in [0, 0.05) is 0 Å². The molecule has 2 aromatic rings. The van der Waals surface area contributed by atoms with Gasteiger partial charge in [-0.3, -0.25) is 24.0 Å². The Bertz CT molecular complexity index is 1320. The van der Waals surface area contributed by atoms with Crippen LogP contribution in [0.4, 0.5) is 4.39 Å². The van der Waals surface area contributed by atoms with Crippen LogP contribution in [0.3, 0.4) is 0 Å². The lowest BCUT2D eigenvalue weighted by atomic mass is 10.0. The zero-order valence-corrected chi connectivity index (χ0v) is 24.7. The molecule has 238 valence electrons. The molecule has 1 aliphatic heterocycles. The standard InChI is InChI=1S/C30H38FN5O8/c1-17(2)26-30(42)33-18(3)16-44-24-7-5-4-6-21(24)27(39)35-22(14-25(38)34-23(15-37)29(41)36-26)28(40)32-12-13-43-20-10-8-19(31)9-11-20/h4-11,17-18,22-23,26,37H,12-16H2,1-3H3,(H,32,40)(H,33,42)(H,34,38)(H,35,39)(H,36,41)/t18-,22-,23-,26+/m0/s1. The normalized spacial score (nSPS) is 21.9.